The molecule has 0 aromatic heterocycles. The Morgan fingerprint density at radius 3 is 2.57 bits per heavy atom. The van der Waals surface area contributed by atoms with Gasteiger partial charge in [-0.3, -0.25) is 15.1 Å². The quantitative estimate of drug-likeness (QED) is 0.507. The second kappa shape index (κ2) is 7.22. The maximum atomic E-state index is 12.1. The number of hydrazine groups is 1. The number of nitrogens with zero attached hydrogens (tertiary/aromatic N) is 1. The van der Waals surface area contributed by atoms with Crippen LogP contribution in [0.15, 0.2) is 54.6 Å². The average Bonchev–Trinajstić information content (AvgIpc) is 2.48. The molecule has 2 aromatic carbocycles. The summed E-state index contributed by atoms with van der Waals surface area (Å²) >= 11 is 6.00. The first kappa shape index (κ1) is 15.5. The largest absolute Gasteiger partial charge is 0.293 e. The van der Waals surface area contributed by atoms with Crippen LogP contribution in [0.25, 0.3) is 0 Å². The van der Waals surface area contributed by atoms with Gasteiger partial charge < -0.3 is 0 Å². The molecule has 0 spiro atoms. The minimum absolute atomic E-state index is 0.245. The Morgan fingerprint density at radius 2 is 1.95 bits per heavy atom. The SMILES string of the molecule is CN(Cc1cccc(Cl)c1)C(C(=O)NN)c1ccccc1. The highest BCUT2D eigenvalue weighted by molar-refractivity contribution is 6.30. The van der Waals surface area contributed by atoms with Gasteiger partial charge in [0.05, 0.1) is 0 Å². The molecule has 0 bridgehead atoms. The van der Waals surface area contributed by atoms with Crippen molar-refractivity contribution in [3.63, 3.8) is 0 Å². The number of benzene rings is 2. The Bertz CT molecular complexity index is 603. The number of halogens is 1. The van der Waals surface area contributed by atoms with Gasteiger partial charge >= 0.3 is 0 Å². The van der Waals surface area contributed by atoms with E-state index < -0.39 is 6.04 Å². The summed E-state index contributed by atoms with van der Waals surface area (Å²) in [5, 5.41) is 0.681. The zero-order chi connectivity index (χ0) is 15.2. The monoisotopic (exact) mass is 303 g/mol. The maximum Gasteiger partial charge on any atom is 0.255 e. The lowest BCUT2D eigenvalue weighted by Crippen LogP contribution is -2.41. The second-order valence-corrected chi connectivity index (χ2v) is 5.30. The van der Waals surface area contributed by atoms with Gasteiger partial charge in [0.1, 0.15) is 6.04 Å². The minimum Gasteiger partial charge on any atom is -0.293 e. The highest BCUT2D eigenvalue weighted by Crippen LogP contribution is 2.22. The molecule has 1 atom stereocenters. The van der Waals surface area contributed by atoms with Crippen molar-refractivity contribution >= 4 is 17.5 Å². The Morgan fingerprint density at radius 1 is 1.24 bits per heavy atom. The molecule has 1 amide bonds. The summed E-state index contributed by atoms with van der Waals surface area (Å²) in [7, 11) is 1.88. The van der Waals surface area contributed by atoms with Crippen molar-refractivity contribution in [2.45, 2.75) is 12.6 Å². The van der Waals surface area contributed by atoms with E-state index in [9.17, 15) is 4.79 Å². The summed E-state index contributed by atoms with van der Waals surface area (Å²) < 4.78 is 0. The van der Waals surface area contributed by atoms with E-state index >= 15 is 0 Å². The topological polar surface area (TPSA) is 58.4 Å². The van der Waals surface area contributed by atoms with Crippen molar-refractivity contribution in [3.05, 3.63) is 70.7 Å². The lowest BCUT2D eigenvalue weighted by Gasteiger charge is -2.27. The molecule has 0 aliphatic rings. The van der Waals surface area contributed by atoms with Gasteiger partial charge in [-0.15, -0.1) is 0 Å². The fourth-order valence-electron chi connectivity index (χ4n) is 2.33. The molecule has 0 fully saturated rings. The first-order valence-corrected chi connectivity index (χ1v) is 6.99. The summed E-state index contributed by atoms with van der Waals surface area (Å²) in [5.74, 6) is 5.07. The van der Waals surface area contributed by atoms with Gasteiger partial charge in [0.15, 0.2) is 0 Å². The molecule has 3 N–H and O–H groups in total. The first-order valence-electron chi connectivity index (χ1n) is 6.62. The molecule has 0 saturated carbocycles. The minimum atomic E-state index is -0.449. The van der Waals surface area contributed by atoms with E-state index in [1.165, 1.54) is 0 Å². The molecule has 0 aliphatic heterocycles. The smallest absolute Gasteiger partial charge is 0.255 e. The van der Waals surface area contributed by atoms with E-state index in [0.29, 0.717) is 11.6 Å². The number of carbonyl (C=O) groups is 1. The van der Waals surface area contributed by atoms with Crippen molar-refractivity contribution in [2.75, 3.05) is 7.05 Å². The van der Waals surface area contributed by atoms with Crippen LogP contribution < -0.4 is 11.3 Å². The predicted molar refractivity (Wildman–Crippen MR) is 84.4 cm³/mol. The van der Waals surface area contributed by atoms with Gasteiger partial charge in [-0.05, 0) is 30.3 Å². The molecule has 2 rings (SSSR count). The van der Waals surface area contributed by atoms with Crippen LogP contribution in [0.2, 0.25) is 5.02 Å². The number of nitrogens with one attached hydrogen (secondary N) is 1. The molecule has 0 aliphatic carbocycles. The normalized spacial score (nSPS) is 12.2. The van der Waals surface area contributed by atoms with Crippen molar-refractivity contribution in [3.8, 4) is 0 Å². The van der Waals surface area contributed by atoms with E-state index in [0.717, 1.165) is 11.1 Å². The van der Waals surface area contributed by atoms with Crippen LogP contribution in [0.5, 0.6) is 0 Å². The van der Waals surface area contributed by atoms with E-state index in [1.54, 1.807) is 0 Å². The Kier molecular flexibility index (Phi) is 5.33. The summed E-state index contributed by atoms with van der Waals surface area (Å²) in [6, 6.07) is 16.7. The van der Waals surface area contributed by atoms with Gasteiger partial charge in [-0.1, -0.05) is 54.1 Å². The van der Waals surface area contributed by atoms with Crippen LogP contribution in [0.3, 0.4) is 0 Å². The molecular formula is C16H18ClN3O. The molecule has 4 nitrogen and oxygen atoms in total. The van der Waals surface area contributed by atoms with Crippen LogP contribution in [0.4, 0.5) is 0 Å². The molecule has 21 heavy (non-hydrogen) atoms. The van der Waals surface area contributed by atoms with E-state index in [4.69, 9.17) is 17.4 Å². The summed E-state index contributed by atoms with van der Waals surface area (Å²) in [5.41, 5.74) is 4.17. The fraction of sp³-hybridized carbons (Fsp3) is 0.188. The van der Waals surface area contributed by atoms with Crippen LogP contribution in [0, 0.1) is 0 Å². The van der Waals surface area contributed by atoms with Gasteiger partial charge in [0, 0.05) is 11.6 Å². The molecular weight excluding hydrogens is 286 g/mol. The van der Waals surface area contributed by atoms with Gasteiger partial charge in [-0.25, -0.2) is 5.84 Å². The van der Waals surface area contributed by atoms with E-state index in [2.05, 4.69) is 5.43 Å². The number of carbonyl (C=O) groups excluding carboxylic acids is 1. The highest BCUT2D eigenvalue weighted by atomic mass is 35.5. The average molecular weight is 304 g/mol. The molecule has 110 valence electrons. The third-order valence-corrected chi connectivity index (χ3v) is 3.50. The molecule has 2 aromatic rings. The Labute approximate surface area is 129 Å². The molecule has 0 saturated heterocycles. The van der Waals surface area contributed by atoms with Crippen LogP contribution in [0.1, 0.15) is 17.2 Å². The molecule has 5 heteroatoms. The van der Waals surface area contributed by atoms with Crippen molar-refractivity contribution in [1.82, 2.24) is 10.3 Å². The number of hydrogen-bond acceptors (Lipinski definition) is 3. The van der Waals surface area contributed by atoms with Gasteiger partial charge in [0.2, 0.25) is 0 Å². The lowest BCUT2D eigenvalue weighted by molar-refractivity contribution is -0.126. The van der Waals surface area contributed by atoms with E-state index in [-0.39, 0.29) is 5.91 Å². The van der Waals surface area contributed by atoms with E-state index in [1.807, 2.05) is 66.5 Å². The summed E-state index contributed by atoms with van der Waals surface area (Å²) in [6.07, 6.45) is 0. The van der Waals surface area contributed by atoms with Gasteiger partial charge in [0.25, 0.3) is 5.91 Å². The van der Waals surface area contributed by atoms with Crippen molar-refractivity contribution < 1.29 is 4.79 Å². The number of hydrogen-bond donors (Lipinski definition) is 2. The molecule has 1 unspecified atom stereocenters. The third kappa shape index (κ3) is 4.04. The van der Waals surface area contributed by atoms with Crippen molar-refractivity contribution in [2.24, 2.45) is 5.84 Å². The molecule has 0 radical (unpaired) electrons. The summed E-state index contributed by atoms with van der Waals surface area (Å²) in [6.45, 7) is 0.591. The number of amides is 1. The standard InChI is InChI=1S/C16H18ClN3O/c1-20(11-12-6-5-9-14(17)10-12)15(16(21)19-18)13-7-3-2-4-8-13/h2-10,15H,11,18H2,1H3,(H,19,21). The lowest BCUT2D eigenvalue weighted by atomic mass is 10.0. The Hall–Kier alpha value is -1.88. The number of likely N-dealkylation sites (N-methyl/N-ethyl adjacent to an activating group) is 1. The fourth-order valence-corrected chi connectivity index (χ4v) is 2.55. The molecule has 0 heterocycles. The first-order chi connectivity index (χ1) is 10.1. The Balaban J connectivity index is 2.23. The maximum absolute atomic E-state index is 12.1. The van der Waals surface area contributed by atoms with Crippen LogP contribution in [-0.4, -0.2) is 17.9 Å². The third-order valence-electron chi connectivity index (χ3n) is 3.27. The highest BCUT2D eigenvalue weighted by Gasteiger charge is 2.24. The van der Waals surface area contributed by atoms with Gasteiger partial charge in [-0.2, -0.15) is 0 Å². The zero-order valence-electron chi connectivity index (χ0n) is 11.8. The number of nitrogens with two attached hydrogens (primary N) is 1. The summed E-state index contributed by atoms with van der Waals surface area (Å²) in [4.78, 5) is 14.0. The van der Waals surface area contributed by atoms with Crippen LogP contribution >= 0.6 is 11.6 Å². The van der Waals surface area contributed by atoms with Crippen molar-refractivity contribution in [1.29, 1.82) is 0 Å². The predicted octanol–water partition coefficient (Wildman–Crippen LogP) is 2.50. The van der Waals surface area contributed by atoms with Crippen LogP contribution in [-0.2, 0) is 11.3 Å². The zero-order valence-corrected chi connectivity index (χ0v) is 12.5. The second-order valence-electron chi connectivity index (χ2n) is 4.87. The number of rotatable bonds is 5.